The number of amides is 6. The van der Waals surface area contributed by atoms with Crippen LogP contribution in [-0.4, -0.2) is 53.6 Å². The standard InChI is InChI=1S/C27H47N3O3.C21H33N3O3/c1-18-10-4-7-13-22(18)28-25(31)16-21(27(33)30-24-15-9-6-12-20(24)3)17-26(32)29-23-14-8-5-11-19(23)2;1-19(2,3)16(25)22-13-10-14(23-17(26)20(4,5)6)12-15(11-13)24-18(27)21(7,8)9/h18-24H,4-17H2,1-3H3,(H,28,31)(H,29,32)(H,30,33);10-12H,1-9H3,(H,22,25)(H,23,26)(H,24,27). The second kappa shape index (κ2) is 22.2. The number of nitrogens with one attached hydrogen (secondary N) is 6. The number of benzene rings is 1. The van der Waals surface area contributed by atoms with Gasteiger partial charge < -0.3 is 31.9 Å². The molecule has 6 N–H and O–H groups in total. The number of rotatable bonds is 11. The molecule has 0 radical (unpaired) electrons. The lowest BCUT2D eigenvalue weighted by molar-refractivity contribution is -0.135. The predicted octanol–water partition coefficient (Wildman–Crippen LogP) is 9.11. The second-order valence-electron chi connectivity index (χ2n) is 21.3. The summed E-state index contributed by atoms with van der Waals surface area (Å²) < 4.78 is 0. The van der Waals surface area contributed by atoms with Crippen LogP contribution in [-0.2, 0) is 28.8 Å². The van der Waals surface area contributed by atoms with E-state index < -0.39 is 22.2 Å². The van der Waals surface area contributed by atoms with Crippen molar-refractivity contribution in [1.29, 1.82) is 0 Å². The van der Waals surface area contributed by atoms with Gasteiger partial charge >= 0.3 is 0 Å². The van der Waals surface area contributed by atoms with Crippen LogP contribution in [0.2, 0.25) is 0 Å². The summed E-state index contributed by atoms with van der Waals surface area (Å²) in [5.74, 6) is -0.0293. The summed E-state index contributed by atoms with van der Waals surface area (Å²) in [6.07, 6.45) is 13.6. The Morgan fingerprint density at radius 1 is 0.467 bits per heavy atom. The highest BCUT2D eigenvalue weighted by molar-refractivity contribution is 6.01. The first-order valence-electron chi connectivity index (χ1n) is 22.8. The fourth-order valence-electron chi connectivity index (χ4n) is 7.93. The fraction of sp³-hybridized carbons (Fsp3) is 0.750. The van der Waals surface area contributed by atoms with Crippen molar-refractivity contribution in [3.63, 3.8) is 0 Å². The molecular weight excluding hydrogens is 757 g/mol. The molecule has 0 bridgehead atoms. The topological polar surface area (TPSA) is 175 Å². The van der Waals surface area contributed by atoms with Gasteiger partial charge in [0.1, 0.15) is 0 Å². The molecule has 6 unspecified atom stereocenters. The lowest BCUT2D eigenvalue weighted by atomic mass is 9.84. The van der Waals surface area contributed by atoms with E-state index in [2.05, 4.69) is 52.7 Å². The normalized spacial score (nSPS) is 24.0. The highest BCUT2D eigenvalue weighted by atomic mass is 16.2. The Labute approximate surface area is 361 Å². The molecule has 1 aromatic rings. The summed E-state index contributed by atoms with van der Waals surface area (Å²) in [7, 11) is 0. The Morgan fingerprint density at radius 3 is 1.00 bits per heavy atom. The minimum atomic E-state index is -0.614. The third kappa shape index (κ3) is 16.8. The summed E-state index contributed by atoms with van der Waals surface area (Å²) in [6.45, 7) is 22.9. The zero-order valence-corrected chi connectivity index (χ0v) is 39.1. The van der Waals surface area contributed by atoms with Crippen molar-refractivity contribution in [1.82, 2.24) is 16.0 Å². The summed E-state index contributed by atoms with van der Waals surface area (Å²) in [6, 6.07) is 5.56. The maximum Gasteiger partial charge on any atom is 0.229 e. The quantitative estimate of drug-likeness (QED) is 0.130. The molecule has 3 aliphatic rings. The molecule has 338 valence electrons. The first-order valence-corrected chi connectivity index (χ1v) is 22.8. The molecule has 4 rings (SSSR count). The van der Waals surface area contributed by atoms with Gasteiger partial charge in [-0.25, -0.2) is 0 Å². The molecule has 1 aromatic carbocycles. The van der Waals surface area contributed by atoms with Crippen LogP contribution in [0, 0.1) is 39.9 Å². The van der Waals surface area contributed by atoms with Gasteiger partial charge in [0, 0.05) is 64.3 Å². The van der Waals surface area contributed by atoms with Gasteiger partial charge in [0.25, 0.3) is 0 Å². The number of anilines is 3. The Bertz CT molecular complexity index is 1490. The first kappa shape index (κ1) is 50.4. The van der Waals surface area contributed by atoms with E-state index in [-0.39, 0.29) is 66.4 Å². The average molecular weight is 837 g/mol. The summed E-state index contributed by atoms with van der Waals surface area (Å²) in [5, 5.41) is 18.1. The molecule has 0 heterocycles. The van der Waals surface area contributed by atoms with Crippen molar-refractivity contribution in [3.05, 3.63) is 18.2 Å². The van der Waals surface area contributed by atoms with Crippen LogP contribution in [0.25, 0.3) is 0 Å². The highest BCUT2D eigenvalue weighted by Crippen LogP contribution is 2.30. The van der Waals surface area contributed by atoms with Gasteiger partial charge in [0.05, 0.1) is 5.92 Å². The second-order valence-corrected chi connectivity index (χ2v) is 21.3. The van der Waals surface area contributed by atoms with E-state index in [4.69, 9.17) is 0 Å². The first-order chi connectivity index (χ1) is 27.8. The molecule has 0 aromatic heterocycles. The SMILES string of the molecule is CC(C)(C)C(=O)Nc1cc(NC(=O)C(C)(C)C)cc(NC(=O)C(C)(C)C)c1.CC1CCCCC1NC(=O)CC(CC(=O)NC1CCCCC1C)C(=O)NC1CCCCC1C. The number of hydrogen-bond donors (Lipinski definition) is 6. The molecule has 6 amide bonds. The summed E-state index contributed by atoms with van der Waals surface area (Å²) in [5.41, 5.74) is -0.194. The van der Waals surface area contributed by atoms with E-state index in [1.165, 1.54) is 19.3 Å². The minimum Gasteiger partial charge on any atom is -0.353 e. The lowest BCUT2D eigenvalue weighted by Crippen LogP contribution is -2.48. The van der Waals surface area contributed by atoms with E-state index in [9.17, 15) is 28.8 Å². The minimum absolute atomic E-state index is 0.0871. The Balaban J connectivity index is 0.000000328. The highest BCUT2D eigenvalue weighted by Gasteiger charge is 2.33. The Hall–Kier alpha value is -3.96. The van der Waals surface area contributed by atoms with E-state index >= 15 is 0 Å². The van der Waals surface area contributed by atoms with E-state index in [1.807, 2.05) is 62.3 Å². The smallest absolute Gasteiger partial charge is 0.229 e. The maximum absolute atomic E-state index is 13.3. The van der Waals surface area contributed by atoms with E-state index in [0.717, 1.165) is 57.8 Å². The zero-order chi connectivity index (χ0) is 45.0. The van der Waals surface area contributed by atoms with E-state index in [0.29, 0.717) is 34.8 Å². The fourth-order valence-corrected chi connectivity index (χ4v) is 7.93. The summed E-state index contributed by atoms with van der Waals surface area (Å²) >= 11 is 0. The molecule has 3 fully saturated rings. The predicted molar refractivity (Wildman–Crippen MR) is 242 cm³/mol. The van der Waals surface area contributed by atoms with Gasteiger partial charge in [-0.2, -0.15) is 0 Å². The molecule has 3 aliphatic carbocycles. The molecule has 60 heavy (non-hydrogen) atoms. The third-order valence-corrected chi connectivity index (χ3v) is 12.3. The van der Waals surface area contributed by atoms with Gasteiger partial charge in [-0.3, -0.25) is 28.8 Å². The number of hydrogen-bond acceptors (Lipinski definition) is 6. The van der Waals surface area contributed by atoms with Crippen molar-refractivity contribution in [2.45, 2.75) is 191 Å². The van der Waals surface area contributed by atoms with Gasteiger partial charge in [0.2, 0.25) is 35.4 Å². The zero-order valence-electron chi connectivity index (χ0n) is 39.1. The summed E-state index contributed by atoms with van der Waals surface area (Å²) in [4.78, 5) is 76.1. The number of carbonyl (C=O) groups excluding carboxylic acids is 6. The van der Waals surface area contributed by atoms with Crippen molar-refractivity contribution in [3.8, 4) is 0 Å². The Kier molecular flexibility index (Phi) is 18.7. The molecule has 12 heteroatoms. The van der Waals surface area contributed by atoms with Crippen LogP contribution < -0.4 is 31.9 Å². The number of carbonyl (C=O) groups is 6. The molecule has 6 atom stereocenters. The lowest BCUT2D eigenvalue weighted by Gasteiger charge is -2.32. The van der Waals surface area contributed by atoms with Gasteiger partial charge in [-0.1, -0.05) is 122 Å². The van der Waals surface area contributed by atoms with Gasteiger partial charge in [0.15, 0.2) is 0 Å². The molecule has 0 spiro atoms. The van der Waals surface area contributed by atoms with E-state index in [1.54, 1.807) is 18.2 Å². The van der Waals surface area contributed by atoms with Crippen LogP contribution in [0.4, 0.5) is 17.1 Å². The van der Waals surface area contributed by atoms with Crippen molar-refractivity contribution < 1.29 is 28.8 Å². The molecule has 3 saturated carbocycles. The van der Waals surface area contributed by atoms with Crippen LogP contribution in [0.15, 0.2) is 18.2 Å². The largest absolute Gasteiger partial charge is 0.353 e. The van der Waals surface area contributed by atoms with Crippen LogP contribution in [0.5, 0.6) is 0 Å². The third-order valence-electron chi connectivity index (χ3n) is 12.3. The van der Waals surface area contributed by atoms with Gasteiger partial charge in [-0.15, -0.1) is 0 Å². The van der Waals surface area contributed by atoms with Crippen molar-refractivity contribution in [2.75, 3.05) is 16.0 Å². The molecule has 0 aliphatic heterocycles. The maximum atomic E-state index is 13.3. The molecular formula is C48H80N6O6. The molecule has 0 saturated heterocycles. The average Bonchev–Trinajstić information content (AvgIpc) is 3.13. The van der Waals surface area contributed by atoms with Crippen LogP contribution in [0.1, 0.15) is 173 Å². The van der Waals surface area contributed by atoms with Crippen LogP contribution >= 0.6 is 0 Å². The van der Waals surface area contributed by atoms with Crippen molar-refractivity contribution >= 4 is 52.5 Å². The Morgan fingerprint density at radius 2 is 0.733 bits per heavy atom. The van der Waals surface area contributed by atoms with Gasteiger partial charge in [-0.05, 0) is 74.5 Å². The molecule has 12 nitrogen and oxygen atoms in total. The van der Waals surface area contributed by atoms with Crippen LogP contribution in [0.3, 0.4) is 0 Å². The monoisotopic (exact) mass is 837 g/mol. The van der Waals surface area contributed by atoms with Crippen molar-refractivity contribution in [2.24, 2.45) is 39.9 Å².